The summed E-state index contributed by atoms with van der Waals surface area (Å²) >= 11 is 5.88. The first-order valence-corrected chi connectivity index (χ1v) is 4.15. The average Bonchev–Trinajstić information content (AvgIpc) is 2.33. The number of nitrogens with zero attached hydrogens (tertiary/aromatic N) is 1. The summed E-state index contributed by atoms with van der Waals surface area (Å²) < 4.78 is 1.03. The molecule has 2 heterocycles. The van der Waals surface area contributed by atoms with Gasteiger partial charge >= 0.3 is 0 Å². The summed E-state index contributed by atoms with van der Waals surface area (Å²) in [6, 6.07) is 4.01. The van der Waals surface area contributed by atoms with Gasteiger partial charge in [0.1, 0.15) is 0 Å². The largest absolute Gasteiger partial charge is 0.263 e. The molecule has 0 bridgehead atoms. The number of fused-ring (bicyclic) bond motifs is 1. The summed E-state index contributed by atoms with van der Waals surface area (Å²) in [7, 11) is 0. The van der Waals surface area contributed by atoms with Crippen LogP contribution in [0.4, 0.5) is 0 Å². The smallest absolute Gasteiger partial charge is 0.0574 e. The molecule has 10 heavy (non-hydrogen) atoms. The number of hydrogen-bond acceptors (Lipinski definition) is 3. The fraction of sp³-hybridized carbons (Fsp3) is 0. The van der Waals surface area contributed by atoms with Gasteiger partial charge in [0.05, 0.1) is 9.09 Å². The van der Waals surface area contributed by atoms with E-state index < -0.39 is 0 Å². The van der Waals surface area contributed by atoms with Gasteiger partial charge < -0.3 is 0 Å². The molecule has 0 fully saturated rings. The molecule has 2 rings (SSSR count). The standard InChI is InChI=1S/C7H5NS2/c9-7-2-1-5-3-8-4-6(5)10-7/h1-4,9H. The summed E-state index contributed by atoms with van der Waals surface area (Å²) in [6.07, 6.45) is 3.72. The molecule has 0 radical (unpaired) electrons. The van der Waals surface area contributed by atoms with E-state index in [1.165, 1.54) is 10.4 Å². The topological polar surface area (TPSA) is 12.9 Å². The van der Waals surface area contributed by atoms with Crippen LogP contribution in [0, 0.1) is 0 Å². The van der Waals surface area contributed by atoms with Crippen molar-refractivity contribution in [3.8, 4) is 10.4 Å². The number of hydrogen-bond donors (Lipinski definition) is 1. The van der Waals surface area contributed by atoms with Crippen LogP contribution in [0.2, 0.25) is 0 Å². The second-order valence-electron chi connectivity index (χ2n) is 2.00. The highest BCUT2D eigenvalue weighted by molar-refractivity contribution is 7.83. The molecule has 0 atom stereocenters. The molecule has 0 aromatic heterocycles. The molecule has 0 aromatic carbocycles. The predicted molar refractivity (Wildman–Crippen MR) is 46.0 cm³/mol. The van der Waals surface area contributed by atoms with Crippen LogP contribution >= 0.6 is 24.0 Å². The molecule has 0 aromatic rings. The van der Waals surface area contributed by atoms with Crippen LogP contribution in [0.15, 0.2) is 28.7 Å². The second kappa shape index (κ2) is 2.25. The van der Waals surface area contributed by atoms with Crippen molar-refractivity contribution in [3.05, 3.63) is 24.5 Å². The molecule has 0 spiro atoms. The molecule has 0 amide bonds. The Morgan fingerprint density at radius 3 is 3.10 bits per heavy atom. The molecule has 0 N–H and O–H groups in total. The van der Waals surface area contributed by atoms with E-state index in [0.717, 1.165) is 4.21 Å². The van der Waals surface area contributed by atoms with Crippen molar-refractivity contribution in [2.45, 2.75) is 4.21 Å². The molecule has 2 aliphatic heterocycles. The van der Waals surface area contributed by atoms with Crippen molar-refractivity contribution >= 4 is 24.0 Å². The summed E-state index contributed by atoms with van der Waals surface area (Å²) in [5.74, 6) is 0. The van der Waals surface area contributed by atoms with Crippen LogP contribution in [0.3, 0.4) is 0 Å². The van der Waals surface area contributed by atoms with Crippen LogP contribution in [-0.4, -0.2) is 4.98 Å². The Kier molecular flexibility index (Phi) is 1.39. The lowest BCUT2D eigenvalue weighted by molar-refractivity contribution is 1.43. The molecule has 0 saturated heterocycles. The quantitative estimate of drug-likeness (QED) is 0.595. The maximum absolute atomic E-state index is 4.23. The van der Waals surface area contributed by atoms with Gasteiger partial charge in [-0.05, 0) is 6.07 Å². The van der Waals surface area contributed by atoms with Gasteiger partial charge in [-0.3, -0.25) is 4.98 Å². The predicted octanol–water partition coefficient (Wildman–Crippen LogP) is 2.54. The van der Waals surface area contributed by atoms with Gasteiger partial charge in [-0.2, -0.15) is 0 Å². The minimum Gasteiger partial charge on any atom is -0.263 e. The van der Waals surface area contributed by atoms with Crippen LogP contribution in [0.1, 0.15) is 0 Å². The third-order valence-corrected chi connectivity index (χ3v) is 2.64. The fourth-order valence-electron chi connectivity index (χ4n) is 0.842. The van der Waals surface area contributed by atoms with Crippen molar-refractivity contribution in [3.63, 3.8) is 0 Å². The molecule has 2 aliphatic rings. The van der Waals surface area contributed by atoms with Gasteiger partial charge in [-0.15, -0.1) is 24.0 Å². The monoisotopic (exact) mass is 167 g/mol. The zero-order valence-corrected chi connectivity index (χ0v) is 6.82. The van der Waals surface area contributed by atoms with E-state index in [9.17, 15) is 0 Å². The molecule has 3 heteroatoms. The highest BCUT2D eigenvalue weighted by atomic mass is 32.2. The van der Waals surface area contributed by atoms with Gasteiger partial charge in [0.25, 0.3) is 0 Å². The molecule has 0 saturated carbocycles. The number of rotatable bonds is 0. The van der Waals surface area contributed by atoms with Gasteiger partial charge in [0.15, 0.2) is 0 Å². The first-order valence-electron chi connectivity index (χ1n) is 2.89. The molecule has 0 aliphatic carbocycles. The lowest BCUT2D eigenvalue weighted by Gasteiger charge is -1.94. The maximum Gasteiger partial charge on any atom is 0.0574 e. The van der Waals surface area contributed by atoms with Crippen LogP contribution < -0.4 is 0 Å². The summed E-state index contributed by atoms with van der Waals surface area (Å²) in [5, 5.41) is 0. The Morgan fingerprint density at radius 1 is 1.30 bits per heavy atom. The first-order chi connectivity index (χ1) is 4.86. The molecule has 50 valence electrons. The number of aromatic nitrogens is 1. The Balaban J connectivity index is 2.75. The Morgan fingerprint density at radius 2 is 2.20 bits per heavy atom. The molecule has 0 unspecified atom stereocenters. The highest BCUT2D eigenvalue weighted by Gasteiger charge is 2.01. The second-order valence-corrected chi connectivity index (χ2v) is 3.87. The Bertz CT molecular complexity index is 315. The van der Waals surface area contributed by atoms with Crippen LogP contribution in [0.5, 0.6) is 0 Å². The lowest BCUT2D eigenvalue weighted by atomic mass is 10.3. The summed E-state index contributed by atoms with van der Waals surface area (Å²) in [4.78, 5) is 5.22. The Hall–Kier alpha value is -0.540. The van der Waals surface area contributed by atoms with Crippen molar-refractivity contribution < 1.29 is 0 Å². The van der Waals surface area contributed by atoms with Crippen molar-refractivity contribution in [2.24, 2.45) is 0 Å². The normalized spacial score (nSPS) is 10.5. The van der Waals surface area contributed by atoms with E-state index in [2.05, 4.69) is 17.6 Å². The lowest BCUT2D eigenvalue weighted by Crippen LogP contribution is -1.66. The van der Waals surface area contributed by atoms with E-state index in [4.69, 9.17) is 0 Å². The summed E-state index contributed by atoms with van der Waals surface area (Å²) in [5.41, 5.74) is 1.20. The first kappa shape index (κ1) is 6.19. The van der Waals surface area contributed by atoms with Gasteiger partial charge in [0.2, 0.25) is 0 Å². The van der Waals surface area contributed by atoms with Gasteiger partial charge in [-0.1, -0.05) is 6.07 Å². The minimum atomic E-state index is 1.03. The van der Waals surface area contributed by atoms with Crippen molar-refractivity contribution in [2.75, 3.05) is 0 Å². The van der Waals surface area contributed by atoms with Crippen molar-refractivity contribution in [1.82, 2.24) is 4.98 Å². The minimum absolute atomic E-state index is 1.03. The van der Waals surface area contributed by atoms with E-state index in [0.29, 0.717) is 0 Å². The number of thiol groups is 1. The fourth-order valence-corrected chi connectivity index (χ4v) is 1.92. The van der Waals surface area contributed by atoms with Crippen molar-refractivity contribution in [1.29, 1.82) is 0 Å². The average molecular weight is 167 g/mol. The molecular weight excluding hydrogens is 162 g/mol. The van der Waals surface area contributed by atoms with Gasteiger partial charge in [-0.25, -0.2) is 0 Å². The van der Waals surface area contributed by atoms with E-state index in [1.807, 2.05) is 24.5 Å². The van der Waals surface area contributed by atoms with E-state index >= 15 is 0 Å². The zero-order chi connectivity index (χ0) is 6.97. The molecule has 1 nitrogen and oxygen atoms in total. The van der Waals surface area contributed by atoms with Crippen LogP contribution in [-0.2, 0) is 0 Å². The molecular formula is C7H5NS2. The zero-order valence-electron chi connectivity index (χ0n) is 5.11. The SMILES string of the molecule is Sc1ccc2cncc-2s1. The highest BCUT2D eigenvalue weighted by Crippen LogP contribution is 2.29. The van der Waals surface area contributed by atoms with Gasteiger partial charge in [0, 0.05) is 18.0 Å². The van der Waals surface area contributed by atoms with Crippen LogP contribution in [0.25, 0.3) is 10.4 Å². The van der Waals surface area contributed by atoms with E-state index in [-0.39, 0.29) is 0 Å². The Labute approximate surface area is 68.5 Å². The third-order valence-electron chi connectivity index (χ3n) is 1.31. The maximum atomic E-state index is 4.23. The third kappa shape index (κ3) is 0.914. The summed E-state index contributed by atoms with van der Waals surface area (Å²) in [6.45, 7) is 0. The van der Waals surface area contributed by atoms with E-state index in [1.54, 1.807) is 11.3 Å².